The summed E-state index contributed by atoms with van der Waals surface area (Å²) in [7, 11) is 0. The lowest BCUT2D eigenvalue weighted by molar-refractivity contribution is -0.137. The van der Waals surface area contributed by atoms with Gasteiger partial charge in [-0.15, -0.1) is 17.9 Å². The lowest BCUT2D eigenvalue weighted by Crippen LogP contribution is -2.59. The number of carbonyl (C=O) groups excluding carboxylic acids is 4. The summed E-state index contributed by atoms with van der Waals surface area (Å²) in [6, 6.07) is 0.712. The summed E-state index contributed by atoms with van der Waals surface area (Å²) in [5.41, 5.74) is 6.29. The first-order valence-corrected chi connectivity index (χ1v) is 10.8. The monoisotopic (exact) mass is 447 g/mol. The third kappa shape index (κ3) is 6.95. The van der Waals surface area contributed by atoms with Crippen molar-refractivity contribution in [3.05, 3.63) is 46.7 Å². The second-order valence-corrected chi connectivity index (χ2v) is 8.52. The van der Waals surface area contributed by atoms with Crippen LogP contribution in [0.4, 0.5) is 4.79 Å². The second-order valence-electron chi connectivity index (χ2n) is 7.48. The van der Waals surface area contributed by atoms with Gasteiger partial charge in [-0.25, -0.2) is 4.79 Å². The Balaban J connectivity index is 2.21. The summed E-state index contributed by atoms with van der Waals surface area (Å²) < 4.78 is 0. The molecule has 1 fully saturated rings. The normalized spacial score (nSPS) is 18.6. The number of primary amides is 1. The number of hydrogen-bond acceptors (Lipinski definition) is 5. The molecule has 1 aromatic heterocycles. The summed E-state index contributed by atoms with van der Waals surface area (Å²) in [6.07, 6.45) is 3.63. The minimum Gasteiger partial charge on any atom is -0.368 e. The maximum atomic E-state index is 13.2. The van der Waals surface area contributed by atoms with E-state index in [1.807, 2.05) is 17.5 Å². The van der Waals surface area contributed by atoms with E-state index in [-0.39, 0.29) is 18.9 Å². The molecule has 0 radical (unpaired) electrons. The third-order valence-corrected chi connectivity index (χ3v) is 5.63. The molecule has 0 aromatic carbocycles. The number of rotatable bonds is 9. The van der Waals surface area contributed by atoms with Crippen LogP contribution in [0.15, 0.2) is 41.8 Å². The third-order valence-electron chi connectivity index (χ3n) is 4.73. The van der Waals surface area contributed by atoms with Crippen LogP contribution in [0.5, 0.6) is 0 Å². The maximum absolute atomic E-state index is 13.2. The number of nitrogens with two attached hydrogens (primary N) is 1. The van der Waals surface area contributed by atoms with Crippen molar-refractivity contribution in [2.45, 2.75) is 44.8 Å². The topological polar surface area (TPSA) is 134 Å². The zero-order chi connectivity index (χ0) is 23.0. The van der Waals surface area contributed by atoms with Crippen LogP contribution < -0.4 is 21.7 Å². The average molecular weight is 448 g/mol. The molecule has 10 heteroatoms. The highest BCUT2D eigenvalue weighted by atomic mass is 32.1. The smallest absolute Gasteiger partial charge is 0.315 e. The van der Waals surface area contributed by atoms with E-state index >= 15 is 0 Å². The molecule has 5 N–H and O–H groups in total. The molecule has 9 nitrogen and oxygen atoms in total. The van der Waals surface area contributed by atoms with E-state index in [2.05, 4.69) is 22.5 Å². The first-order valence-electron chi connectivity index (χ1n) is 9.95. The molecular weight excluding hydrogens is 418 g/mol. The standard InChI is InChI=1S/C21H29N5O4S/c1-4-8-23-21(30)25-15-7-9-26(17(27)11-13(2)3)18(15)20(29)24-16(19(22)28)12-14-6-5-10-31-14/h4-6,10-11,15-16,18H,1,7-9,12H2,2-3H3,(H2,22,28)(H,24,29)(H2,23,25,30). The highest BCUT2D eigenvalue weighted by Crippen LogP contribution is 2.20. The van der Waals surface area contributed by atoms with E-state index in [4.69, 9.17) is 5.73 Å². The van der Waals surface area contributed by atoms with Crippen LogP contribution in [0.3, 0.4) is 0 Å². The van der Waals surface area contributed by atoms with Crippen LogP contribution in [0.25, 0.3) is 0 Å². The lowest BCUT2D eigenvalue weighted by Gasteiger charge is -2.28. The molecule has 3 atom stereocenters. The van der Waals surface area contributed by atoms with Gasteiger partial charge in [-0.05, 0) is 31.7 Å². The zero-order valence-corrected chi connectivity index (χ0v) is 18.5. The molecule has 31 heavy (non-hydrogen) atoms. The number of thiophene rings is 1. The molecule has 5 amide bonds. The van der Waals surface area contributed by atoms with Crippen molar-refractivity contribution in [3.8, 4) is 0 Å². The molecule has 1 saturated heterocycles. The SMILES string of the molecule is C=CCNC(=O)NC1CCN(C(=O)C=C(C)C)C1C(=O)NC(Cc1cccs1)C(N)=O. The van der Waals surface area contributed by atoms with E-state index in [0.717, 1.165) is 10.5 Å². The number of hydrogen-bond donors (Lipinski definition) is 4. The predicted molar refractivity (Wildman–Crippen MR) is 119 cm³/mol. The Morgan fingerprint density at radius 2 is 2.10 bits per heavy atom. The summed E-state index contributed by atoms with van der Waals surface area (Å²) in [6.45, 7) is 7.66. The molecular formula is C21H29N5O4S. The van der Waals surface area contributed by atoms with Gasteiger partial charge in [-0.3, -0.25) is 14.4 Å². The first-order chi connectivity index (χ1) is 14.7. The Morgan fingerprint density at radius 3 is 2.68 bits per heavy atom. The van der Waals surface area contributed by atoms with Crippen LogP contribution in [0.2, 0.25) is 0 Å². The van der Waals surface area contributed by atoms with E-state index in [1.165, 1.54) is 28.4 Å². The molecule has 0 aliphatic carbocycles. The molecule has 0 saturated carbocycles. The number of carbonyl (C=O) groups is 4. The molecule has 0 bridgehead atoms. The van der Waals surface area contributed by atoms with E-state index in [0.29, 0.717) is 13.0 Å². The average Bonchev–Trinajstić information content (AvgIpc) is 3.35. The highest BCUT2D eigenvalue weighted by Gasteiger charge is 2.43. The molecule has 2 heterocycles. The fourth-order valence-corrected chi connectivity index (χ4v) is 4.09. The van der Waals surface area contributed by atoms with Crippen LogP contribution >= 0.6 is 11.3 Å². The van der Waals surface area contributed by atoms with Gasteiger partial charge in [-0.2, -0.15) is 0 Å². The van der Waals surface area contributed by atoms with Gasteiger partial charge in [-0.1, -0.05) is 17.7 Å². The van der Waals surface area contributed by atoms with Crippen molar-refractivity contribution < 1.29 is 19.2 Å². The molecule has 1 aliphatic rings. The fourth-order valence-electron chi connectivity index (χ4n) is 3.34. The Labute approximate surface area is 185 Å². The van der Waals surface area contributed by atoms with Crippen molar-refractivity contribution >= 4 is 35.1 Å². The maximum Gasteiger partial charge on any atom is 0.315 e. The van der Waals surface area contributed by atoms with E-state index in [9.17, 15) is 19.2 Å². The van der Waals surface area contributed by atoms with Gasteiger partial charge in [0.15, 0.2) is 0 Å². The van der Waals surface area contributed by atoms with Gasteiger partial charge in [0, 0.05) is 30.5 Å². The van der Waals surface area contributed by atoms with Crippen molar-refractivity contribution in [3.63, 3.8) is 0 Å². The quantitative estimate of drug-likeness (QED) is 0.327. The Kier molecular flexibility index (Phi) is 8.80. The number of nitrogens with one attached hydrogen (secondary N) is 3. The van der Waals surface area contributed by atoms with Crippen LogP contribution in [0, 0.1) is 0 Å². The van der Waals surface area contributed by atoms with Crippen LogP contribution in [-0.2, 0) is 20.8 Å². The summed E-state index contributed by atoms with van der Waals surface area (Å²) >= 11 is 1.45. The summed E-state index contributed by atoms with van der Waals surface area (Å²) in [5.74, 6) is -1.54. The van der Waals surface area contributed by atoms with Gasteiger partial charge in [0.05, 0.1) is 6.04 Å². The Morgan fingerprint density at radius 1 is 1.35 bits per heavy atom. The minimum absolute atomic E-state index is 0.255. The predicted octanol–water partition coefficient (Wildman–Crippen LogP) is 0.682. The van der Waals surface area contributed by atoms with Gasteiger partial charge in [0.2, 0.25) is 17.7 Å². The lowest BCUT2D eigenvalue weighted by atomic mass is 10.1. The van der Waals surface area contributed by atoms with Crippen LogP contribution in [0.1, 0.15) is 25.1 Å². The van der Waals surface area contributed by atoms with E-state index < -0.39 is 36.0 Å². The number of nitrogens with zero attached hydrogens (tertiary/aromatic N) is 1. The highest BCUT2D eigenvalue weighted by molar-refractivity contribution is 7.09. The Hall–Kier alpha value is -3.14. The van der Waals surface area contributed by atoms with Gasteiger partial charge in [0.1, 0.15) is 12.1 Å². The minimum atomic E-state index is -0.970. The van der Waals surface area contributed by atoms with Crippen molar-refractivity contribution in [2.24, 2.45) is 5.73 Å². The molecule has 1 aliphatic heterocycles. The van der Waals surface area contributed by atoms with Gasteiger partial charge in [0.25, 0.3) is 0 Å². The number of likely N-dealkylation sites (tertiary alicyclic amines) is 1. The molecule has 2 rings (SSSR count). The molecule has 3 unspecified atom stereocenters. The summed E-state index contributed by atoms with van der Waals surface area (Å²) in [5, 5.41) is 9.88. The number of urea groups is 1. The molecule has 1 aromatic rings. The molecule has 0 spiro atoms. The first kappa shape index (κ1) is 24.1. The van der Waals surface area contributed by atoms with Gasteiger partial charge < -0.3 is 26.6 Å². The van der Waals surface area contributed by atoms with Crippen molar-refractivity contribution in [1.29, 1.82) is 0 Å². The van der Waals surface area contributed by atoms with Gasteiger partial charge >= 0.3 is 6.03 Å². The van der Waals surface area contributed by atoms with E-state index in [1.54, 1.807) is 13.8 Å². The number of amides is 5. The van der Waals surface area contributed by atoms with Crippen molar-refractivity contribution in [1.82, 2.24) is 20.9 Å². The zero-order valence-electron chi connectivity index (χ0n) is 17.7. The fraction of sp³-hybridized carbons (Fsp3) is 0.429. The Bertz CT molecular complexity index is 848. The second kappa shape index (κ2) is 11.3. The number of allylic oxidation sites excluding steroid dienone is 1. The van der Waals surface area contributed by atoms with Crippen molar-refractivity contribution in [2.75, 3.05) is 13.1 Å². The summed E-state index contributed by atoms with van der Waals surface area (Å²) in [4.78, 5) is 52.2. The largest absolute Gasteiger partial charge is 0.368 e. The van der Waals surface area contributed by atoms with Crippen LogP contribution in [-0.4, -0.2) is 59.9 Å². The molecule has 168 valence electrons.